The summed E-state index contributed by atoms with van der Waals surface area (Å²) in [5.41, 5.74) is 1.08. The third-order valence-electron chi connectivity index (χ3n) is 6.93. The Bertz CT molecular complexity index is 1090. The van der Waals surface area contributed by atoms with Gasteiger partial charge in [0.25, 0.3) is 0 Å². The van der Waals surface area contributed by atoms with Gasteiger partial charge in [-0.2, -0.15) is 0 Å². The van der Waals surface area contributed by atoms with Crippen molar-refractivity contribution in [2.45, 2.75) is 31.5 Å². The zero-order valence-electron chi connectivity index (χ0n) is 17.3. The van der Waals surface area contributed by atoms with Crippen molar-refractivity contribution >= 4 is 17.9 Å². The Labute approximate surface area is 179 Å². The molecular weight excluding hydrogens is 396 g/mol. The van der Waals surface area contributed by atoms with Gasteiger partial charge in [0.1, 0.15) is 17.1 Å². The van der Waals surface area contributed by atoms with Crippen LogP contribution in [0.3, 0.4) is 0 Å². The van der Waals surface area contributed by atoms with E-state index >= 15 is 0 Å². The molecule has 1 heterocycles. The van der Waals surface area contributed by atoms with Gasteiger partial charge in [-0.1, -0.05) is 55.1 Å². The standard InChI is InChI=1S/C25H22O6/c1-4-19(26)30-14(2)13-29-25-17-11-7-5-9-15(17)20(16-10-6-8-12-18(16)25)21-22(27)31-23(28)24(21,25)3/h4-12,14,20-21H,1,13H2,2-3H3. The highest BCUT2D eigenvalue weighted by atomic mass is 16.6. The molecule has 0 saturated carbocycles. The van der Waals surface area contributed by atoms with E-state index in [0.717, 1.165) is 28.3 Å². The number of ether oxygens (including phenoxy) is 3. The maximum Gasteiger partial charge on any atom is 0.330 e. The third kappa shape index (κ3) is 2.34. The molecule has 0 amide bonds. The number of rotatable bonds is 5. The van der Waals surface area contributed by atoms with Crippen LogP contribution in [0.5, 0.6) is 0 Å². The number of carbonyl (C=O) groups excluding carboxylic acids is 3. The van der Waals surface area contributed by atoms with Crippen LogP contribution in [-0.4, -0.2) is 30.6 Å². The van der Waals surface area contributed by atoms with E-state index in [-0.39, 0.29) is 12.5 Å². The number of hydrogen-bond donors (Lipinski definition) is 0. The average molecular weight is 418 g/mol. The maximum absolute atomic E-state index is 13.2. The molecule has 2 aromatic carbocycles. The highest BCUT2D eigenvalue weighted by Crippen LogP contribution is 2.69. The molecule has 1 saturated heterocycles. The summed E-state index contributed by atoms with van der Waals surface area (Å²) < 4.78 is 17.1. The Hall–Kier alpha value is -3.25. The van der Waals surface area contributed by atoms with E-state index in [9.17, 15) is 14.4 Å². The van der Waals surface area contributed by atoms with Gasteiger partial charge in [0.2, 0.25) is 0 Å². The molecule has 3 atom stereocenters. The lowest BCUT2D eigenvalue weighted by Crippen LogP contribution is -2.62. The minimum atomic E-state index is -1.25. The molecule has 4 aliphatic rings. The zero-order valence-corrected chi connectivity index (χ0v) is 17.3. The van der Waals surface area contributed by atoms with Crippen LogP contribution in [0, 0.1) is 11.3 Å². The fraction of sp³-hybridized carbons (Fsp3) is 0.320. The molecule has 6 nitrogen and oxygen atoms in total. The van der Waals surface area contributed by atoms with Crippen molar-refractivity contribution in [2.24, 2.45) is 11.3 Å². The van der Waals surface area contributed by atoms with Crippen molar-refractivity contribution < 1.29 is 28.6 Å². The molecule has 6 rings (SSSR count). The molecule has 0 spiro atoms. The second-order valence-corrected chi connectivity index (χ2v) is 8.48. The van der Waals surface area contributed by atoms with Crippen molar-refractivity contribution in [1.82, 2.24) is 0 Å². The molecular formula is C25H22O6. The normalized spacial score (nSPS) is 30.6. The van der Waals surface area contributed by atoms with Gasteiger partial charge in [-0.25, -0.2) is 4.79 Å². The van der Waals surface area contributed by atoms with E-state index in [1.54, 1.807) is 13.8 Å². The summed E-state index contributed by atoms with van der Waals surface area (Å²) in [5.74, 6) is -2.66. The van der Waals surface area contributed by atoms with Gasteiger partial charge in [0.05, 0.1) is 12.5 Å². The lowest BCUT2D eigenvalue weighted by atomic mass is 9.46. The van der Waals surface area contributed by atoms with Crippen molar-refractivity contribution in [3.63, 3.8) is 0 Å². The van der Waals surface area contributed by atoms with Crippen LogP contribution in [-0.2, 0) is 34.2 Å². The second kappa shape index (κ2) is 6.62. The predicted octanol–water partition coefficient (Wildman–Crippen LogP) is 3.23. The van der Waals surface area contributed by atoms with Crippen molar-refractivity contribution in [3.05, 3.63) is 83.4 Å². The zero-order chi connectivity index (χ0) is 22.0. The van der Waals surface area contributed by atoms with Crippen LogP contribution in [0.25, 0.3) is 0 Å². The number of benzene rings is 2. The largest absolute Gasteiger partial charge is 0.457 e. The van der Waals surface area contributed by atoms with E-state index in [1.165, 1.54) is 0 Å². The Morgan fingerprint density at radius 2 is 1.71 bits per heavy atom. The third-order valence-corrected chi connectivity index (χ3v) is 6.93. The van der Waals surface area contributed by atoms with E-state index in [1.807, 2.05) is 48.5 Å². The van der Waals surface area contributed by atoms with Crippen molar-refractivity contribution in [3.8, 4) is 0 Å². The molecule has 3 aliphatic carbocycles. The van der Waals surface area contributed by atoms with Gasteiger partial charge in [0.15, 0.2) is 0 Å². The lowest BCUT2D eigenvalue weighted by molar-refractivity contribution is -0.182. The highest BCUT2D eigenvalue weighted by molar-refractivity contribution is 6.03. The molecule has 0 N–H and O–H groups in total. The summed E-state index contributed by atoms with van der Waals surface area (Å²) in [6.45, 7) is 6.91. The molecule has 2 aromatic rings. The van der Waals surface area contributed by atoms with Crippen LogP contribution < -0.4 is 0 Å². The van der Waals surface area contributed by atoms with E-state index < -0.39 is 40.9 Å². The summed E-state index contributed by atoms with van der Waals surface area (Å²) in [4.78, 5) is 37.8. The summed E-state index contributed by atoms with van der Waals surface area (Å²) in [5, 5.41) is 0. The number of cyclic esters (lactones) is 2. The van der Waals surface area contributed by atoms with Gasteiger partial charge in [-0.05, 0) is 36.1 Å². The molecule has 1 aliphatic heterocycles. The van der Waals surface area contributed by atoms with E-state index in [4.69, 9.17) is 14.2 Å². The van der Waals surface area contributed by atoms with Gasteiger partial charge < -0.3 is 14.2 Å². The molecule has 0 aromatic heterocycles. The number of hydrogen-bond acceptors (Lipinski definition) is 6. The van der Waals surface area contributed by atoms with Gasteiger partial charge in [-0.15, -0.1) is 0 Å². The van der Waals surface area contributed by atoms with E-state index in [0.29, 0.717) is 0 Å². The molecule has 0 radical (unpaired) electrons. The fourth-order valence-electron chi connectivity index (χ4n) is 5.69. The minimum absolute atomic E-state index is 0.0245. The van der Waals surface area contributed by atoms with Crippen LogP contribution in [0.2, 0.25) is 0 Å². The van der Waals surface area contributed by atoms with Gasteiger partial charge in [-0.3, -0.25) is 9.59 Å². The maximum atomic E-state index is 13.2. The SMILES string of the molecule is C=CC(=O)OC(C)COC12c3ccccc3C(c3ccccc31)C1C(=O)OC(=O)C12C. The quantitative estimate of drug-likeness (QED) is 0.421. The van der Waals surface area contributed by atoms with Crippen LogP contribution in [0.4, 0.5) is 0 Å². The van der Waals surface area contributed by atoms with Crippen LogP contribution >= 0.6 is 0 Å². The Kier molecular flexibility index (Phi) is 4.21. The fourth-order valence-corrected chi connectivity index (χ4v) is 5.69. The average Bonchev–Trinajstić information content (AvgIpc) is 3.01. The summed E-state index contributed by atoms with van der Waals surface area (Å²) in [6.07, 6.45) is 0.504. The monoisotopic (exact) mass is 418 g/mol. The first-order valence-corrected chi connectivity index (χ1v) is 10.3. The molecule has 31 heavy (non-hydrogen) atoms. The molecule has 158 valence electrons. The van der Waals surface area contributed by atoms with E-state index in [2.05, 4.69) is 6.58 Å². The first-order valence-electron chi connectivity index (χ1n) is 10.3. The van der Waals surface area contributed by atoms with Gasteiger partial charge >= 0.3 is 17.9 Å². The first-order chi connectivity index (χ1) is 14.9. The van der Waals surface area contributed by atoms with Crippen molar-refractivity contribution in [1.29, 1.82) is 0 Å². The summed E-state index contributed by atoms with van der Waals surface area (Å²) in [6, 6.07) is 15.5. The number of esters is 3. The highest BCUT2D eigenvalue weighted by Gasteiger charge is 2.75. The number of carbonyl (C=O) groups is 3. The lowest BCUT2D eigenvalue weighted by Gasteiger charge is -2.58. The minimum Gasteiger partial charge on any atom is -0.457 e. The molecule has 3 unspecified atom stereocenters. The smallest absolute Gasteiger partial charge is 0.330 e. The van der Waals surface area contributed by atoms with Crippen LogP contribution in [0.15, 0.2) is 61.2 Å². The predicted molar refractivity (Wildman–Crippen MR) is 110 cm³/mol. The first kappa shape index (κ1) is 19.7. The summed E-state index contributed by atoms with van der Waals surface area (Å²) >= 11 is 0. The molecule has 6 heteroatoms. The Morgan fingerprint density at radius 1 is 1.13 bits per heavy atom. The topological polar surface area (TPSA) is 78.9 Å². The second-order valence-electron chi connectivity index (χ2n) is 8.48. The molecule has 1 fully saturated rings. The molecule has 2 bridgehead atoms. The summed E-state index contributed by atoms with van der Waals surface area (Å²) in [7, 11) is 0. The van der Waals surface area contributed by atoms with Crippen LogP contribution in [0.1, 0.15) is 42.0 Å². The van der Waals surface area contributed by atoms with Gasteiger partial charge in [0, 0.05) is 12.0 Å². The van der Waals surface area contributed by atoms with Crippen molar-refractivity contribution in [2.75, 3.05) is 6.61 Å². The Balaban J connectivity index is 1.73. The Morgan fingerprint density at radius 3 is 2.29 bits per heavy atom.